The lowest BCUT2D eigenvalue weighted by molar-refractivity contribution is -0.121. The Kier molecular flexibility index (Phi) is 6.53. The van der Waals surface area contributed by atoms with Crippen molar-refractivity contribution in [1.82, 2.24) is 5.32 Å². The van der Waals surface area contributed by atoms with E-state index in [1.807, 2.05) is 30.3 Å². The van der Waals surface area contributed by atoms with Crippen LogP contribution in [0.5, 0.6) is 0 Å². The lowest BCUT2D eigenvalue weighted by Gasteiger charge is -2.26. The second-order valence-electron chi connectivity index (χ2n) is 6.74. The number of carbonyl (C=O) groups excluding carboxylic acids is 1. The van der Waals surface area contributed by atoms with Crippen molar-refractivity contribution in [2.24, 2.45) is 10.7 Å². The van der Waals surface area contributed by atoms with Gasteiger partial charge in [0, 0.05) is 34.9 Å². The van der Waals surface area contributed by atoms with Crippen LogP contribution in [0.2, 0.25) is 0 Å². The van der Waals surface area contributed by atoms with Gasteiger partial charge in [-0.2, -0.15) is 0 Å². The third-order valence-corrected chi connectivity index (χ3v) is 6.80. The molecular formula is C19H27N3O2S. The predicted molar refractivity (Wildman–Crippen MR) is 105 cm³/mol. The summed E-state index contributed by atoms with van der Waals surface area (Å²) in [5.74, 6) is 0.0679. The molecule has 1 aliphatic carbocycles. The van der Waals surface area contributed by atoms with Gasteiger partial charge in [-0.25, -0.2) is 0 Å². The van der Waals surface area contributed by atoms with Gasteiger partial charge in [0.05, 0.1) is 0 Å². The van der Waals surface area contributed by atoms with Crippen molar-refractivity contribution in [3.63, 3.8) is 0 Å². The lowest BCUT2D eigenvalue weighted by atomic mass is 10.1. The van der Waals surface area contributed by atoms with Crippen molar-refractivity contribution in [3.8, 4) is 0 Å². The molecule has 1 aromatic rings. The maximum absolute atomic E-state index is 12.8. The molecule has 1 atom stereocenters. The van der Waals surface area contributed by atoms with E-state index < -0.39 is 15.5 Å². The van der Waals surface area contributed by atoms with Gasteiger partial charge in [0.1, 0.15) is 10.6 Å². The Labute approximate surface area is 152 Å². The van der Waals surface area contributed by atoms with Gasteiger partial charge < -0.3 is 11.1 Å². The molecule has 1 unspecified atom stereocenters. The van der Waals surface area contributed by atoms with Gasteiger partial charge in [-0.05, 0) is 32.3 Å². The molecule has 1 amide bonds. The standard InChI is InChI=1S/C19H27N3O2S/c1-19(2,25(24)15-11-7-8-12-15)18(23)22-17(21-3)13-16(20)14-9-5-4-6-10-14/h4-6,9-10,13,15H,7-8,11-12,20H2,1-3H3,(H,21,22,23). The Morgan fingerprint density at radius 1 is 1.28 bits per heavy atom. The molecule has 0 aromatic heterocycles. The molecule has 5 nitrogen and oxygen atoms in total. The molecule has 0 saturated heterocycles. The summed E-state index contributed by atoms with van der Waals surface area (Å²) >= 11 is 0. The van der Waals surface area contributed by atoms with Gasteiger partial charge in [0.2, 0.25) is 5.91 Å². The summed E-state index contributed by atoms with van der Waals surface area (Å²) < 4.78 is 11.8. The maximum atomic E-state index is 12.8. The summed E-state index contributed by atoms with van der Waals surface area (Å²) in [5.41, 5.74) is 7.45. The Morgan fingerprint density at radius 3 is 2.44 bits per heavy atom. The molecule has 1 saturated carbocycles. The van der Waals surface area contributed by atoms with Crippen molar-refractivity contribution in [2.45, 2.75) is 49.5 Å². The number of carbonyl (C=O) groups is 1. The number of amides is 1. The highest BCUT2D eigenvalue weighted by Gasteiger charge is 2.39. The van der Waals surface area contributed by atoms with E-state index in [1.54, 1.807) is 27.0 Å². The topological polar surface area (TPSA) is 84.5 Å². The molecule has 1 aromatic carbocycles. The molecule has 0 radical (unpaired) electrons. The zero-order valence-corrected chi connectivity index (χ0v) is 15.9. The Bertz CT molecular complexity index is 690. The number of amidine groups is 1. The molecule has 0 aliphatic heterocycles. The number of nitrogens with one attached hydrogen (secondary N) is 1. The Balaban J connectivity index is 2.10. The van der Waals surface area contributed by atoms with E-state index in [1.165, 1.54) is 0 Å². The van der Waals surface area contributed by atoms with Gasteiger partial charge in [-0.1, -0.05) is 43.2 Å². The summed E-state index contributed by atoms with van der Waals surface area (Å²) in [6.45, 7) is 3.46. The van der Waals surface area contributed by atoms with Crippen LogP contribution in [0.15, 0.2) is 41.4 Å². The van der Waals surface area contributed by atoms with Crippen LogP contribution in [-0.2, 0) is 15.6 Å². The average molecular weight is 362 g/mol. The molecule has 6 heteroatoms. The van der Waals surface area contributed by atoms with Crippen LogP contribution in [0.3, 0.4) is 0 Å². The normalized spacial score (nSPS) is 18.2. The van der Waals surface area contributed by atoms with Gasteiger partial charge >= 0.3 is 0 Å². The highest BCUT2D eigenvalue weighted by molar-refractivity contribution is 7.87. The summed E-state index contributed by atoms with van der Waals surface area (Å²) in [4.78, 5) is 16.8. The van der Waals surface area contributed by atoms with E-state index in [9.17, 15) is 9.00 Å². The van der Waals surface area contributed by atoms with Crippen molar-refractivity contribution < 1.29 is 9.00 Å². The lowest BCUT2D eigenvalue weighted by Crippen LogP contribution is -2.49. The van der Waals surface area contributed by atoms with E-state index in [-0.39, 0.29) is 11.2 Å². The molecule has 2 rings (SSSR count). The molecule has 136 valence electrons. The Hall–Kier alpha value is -1.95. The van der Waals surface area contributed by atoms with Crippen LogP contribution < -0.4 is 11.1 Å². The molecule has 1 aliphatic rings. The molecule has 0 bridgehead atoms. The molecule has 0 heterocycles. The minimum atomic E-state index is -1.22. The van der Waals surface area contributed by atoms with Crippen LogP contribution in [0.1, 0.15) is 45.1 Å². The molecule has 0 spiro atoms. The number of nitrogens with zero attached hydrogens (tertiary/aromatic N) is 1. The van der Waals surface area contributed by atoms with E-state index in [0.717, 1.165) is 31.2 Å². The smallest absolute Gasteiger partial charge is 0.243 e. The highest BCUT2D eigenvalue weighted by atomic mass is 32.2. The fourth-order valence-corrected chi connectivity index (χ4v) is 4.72. The van der Waals surface area contributed by atoms with Crippen molar-refractivity contribution in [2.75, 3.05) is 7.05 Å². The van der Waals surface area contributed by atoms with Crippen LogP contribution in [0.25, 0.3) is 5.70 Å². The van der Waals surface area contributed by atoms with Crippen molar-refractivity contribution >= 4 is 28.2 Å². The first kappa shape index (κ1) is 19.4. The largest absolute Gasteiger partial charge is 0.398 e. The van der Waals surface area contributed by atoms with Gasteiger partial charge in [0.15, 0.2) is 0 Å². The second-order valence-corrected chi connectivity index (χ2v) is 9.02. The molecule has 3 N–H and O–H groups in total. The summed E-state index contributed by atoms with van der Waals surface area (Å²) in [7, 11) is 0.367. The SMILES string of the molecule is CN=C(C=C(N)c1ccccc1)NC(=O)C(C)(C)S(=O)C1CCCC1. The minimum absolute atomic E-state index is 0.104. The van der Waals surface area contributed by atoms with Crippen molar-refractivity contribution in [3.05, 3.63) is 42.0 Å². The van der Waals surface area contributed by atoms with E-state index in [4.69, 9.17) is 5.73 Å². The van der Waals surface area contributed by atoms with Gasteiger partial charge in [0.25, 0.3) is 0 Å². The minimum Gasteiger partial charge on any atom is -0.398 e. The van der Waals surface area contributed by atoms with Crippen LogP contribution in [0, 0.1) is 0 Å². The molecule has 25 heavy (non-hydrogen) atoms. The number of benzene rings is 1. The van der Waals surface area contributed by atoms with Gasteiger partial charge in [-0.15, -0.1) is 0 Å². The maximum Gasteiger partial charge on any atom is 0.243 e. The number of hydrogen-bond acceptors (Lipinski definition) is 4. The average Bonchev–Trinajstić information content (AvgIpc) is 3.15. The van der Waals surface area contributed by atoms with Crippen molar-refractivity contribution in [1.29, 1.82) is 0 Å². The van der Waals surface area contributed by atoms with E-state index in [2.05, 4.69) is 10.3 Å². The summed E-state index contributed by atoms with van der Waals surface area (Å²) in [5, 5.41) is 2.88. The number of rotatable bonds is 5. The van der Waals surface area contributed by atoms with Crippen LogP contribution in [0.4, 0.5) is 0 Å². The Morgan fingerprint density at radius 2 is 1.88 bits per heavy atom. The fourth-order valence-electron chi connectivity index (χ4n) is 2.90. The highest BCUT2D eigenvalue weighted by Crippen LogP contribution is 2.29. The quantitative estimate of drug-likeness (QED) is 0.624. The zero-order valence-electron chi connectivity index (χ0n) is 15.1. The van der Waals surface area contributed by atoms with E-state index in [0.29, 0.717) is 11.5 Å². The second kappa shape index (κ2) is 8.43. The zero-order chi connectivity index (χ0) is 18.4. The number of aliphatic imine (C=N–C) groups is 1. The van der Waals surface area contributed by atoms with Gasteiger partial charge in [-0.3, -0.25) is 14.0 Å². The summed E-state index contributed by atoms with van der Waals surface area (Å²) in [6.07, 6.45) is 5.66. The molecular weight excluding hydrogens is 334 g/mol. The molecule has 1 fully saturated rings. The fraction of sp³-hybridized carbons (Fsp3) is 0.474. The number of nitrogens with two attached hydrogens (primary N) is 1. The van der Waals surface area contributed by atoms with Crippen LogP contribution >= 0.6 is 0 Å². The summed E-state index contributed by atoms with van der Waals surface area (Å²) in [6, 6.07) is 9.48. The first-order valence-electron chi connectivity index (χ1n) is 8.57. The third kappa shape index (κ3) is 4.78. The first-order valence-corrected chi connectivity index (χ1v) is 9.79. The van der Waals surface area contributed by atoms with E-state index >= 15 is 0 Å². The first-order chi connectivity index (χ1) is 11.9. The number of hydrogen-bond donors (Lipinski definition) is 2. The predicted octanol–water partition coefficient (Wildman–Crippen LogP) is 2.60. The van der Waals surface area contributed by atoms with Crippen LogP contribution in [-0.4, -0.2) is 33.0 Å². The third-order valence-electron chi connectivity index (χ3n) is 4.54. The monoisotopic (exact) mass is 361 g/mol.